The molecule has 0 radical (unpaired) electrons. The maximum absolute atomic E-state index is 13.2. The molecule has 0 spiro atoms. The predicted octanol–water partition coefficient (Wildman–Crippen LogP) is 2.70. The molecule has 2 rings (SSSR count). The van der Waals surface area contributed by atoms with Crippen molar-refractivity contribution in [3.63, 3.8) is 0 Å². The standard InChI is InChI=1S/C11H10BrFO3/c12-7-3-6(9(14)8(13)4-7)5-11(1-2-11)10(15)16/h3-4,14H,1-2,5H2,(H,15,16). The van der Waals surface area contributed by atoms with Crippen LogP contribution in [-0.4, -0.2) is 16.2 Å². The van der Waals surface area contributed by atoms with Crippen LogP contribution in [0.4, 0.5) is 4.39 Å². The predicted molar refractivity (Wildman–Crippen MR) is 58.8 cm³/mol. The van der Waals surface area contributed by atoms with Gasteiger partial charge in [0.05, 0.1) is 5.41 Å². The van der Waals surface area contributed by atoms with E-state index < -0.39 is 23.0 Å². The Morgan fingerprint density at radius 1 is 1.50 bits per heavy atom. The van der Waals surface area contributed by atoms with Crippen LogP contribution >= 0.6 is 15.9 Å². The lowest BCUT2D eigenvalue weighted by atomic mass is 9.96. The van der Waals surface area contributed by atoms with Crippen LogP contribution in [0.5, 0.6) is 5.75 Å². The molecular weight excluding hydrogens is 279 g/mol. The van der Waals surface area contributed by atoms with E-state index in [9.17, 15) is 14.3 Å². The van der Waals surface area contributed by atoms with Crippen molar-refractivity contribution < 1.29 is 19.4 Å². The molecule has 16 heavy (non-hydrogen) atoms. The third-order valence-corrected chi connectivity index (χ3v) is 3.40. The molecule has 0 unspecified atom stereocenters. The van der Waals surface area contributed by atoms with Crippen LogP contribution in [0, 0.1) is 11.2 Å². The summed E-state index contributed by atoms with van der Waals surface area (Å²) in [6, 6.07) is 2.71. The van der Waals surface area contributed by atoms with E-state index in [4.69, 9.17) is 5.11 Å². The normalized spacial score (nSPS) is 17.1. The molecule has 86 valence electrons. The van der Waals surface area contributed by atoms with Gasteiger partial charge in [0, 0.05) is 4.47 Å². The molecule has 1 fully saturated rings. The van der Waals surface area contributed by atoms with Gasteiger partial charge in [-0.05, 0) is 37.0 Å². The van der Waals surface area contributed by atoms with Gasteiger partial charge in [-0.1, -0.05) is 15.9 Å². The number of carboxylic acids is 1. The fourth-order valence-corrected chi connectivity index (χ4v) is 2.21. The second-order valence-electron chi connectivity index (χ2n) is 4.16. The molecule has 0 aliphatic heterocycles. The summed E-state index contributed by atoms with van der Waals surface area (Å²) in [5, 5.41) is 18.5. The lowest BCUT2D eigenvalue weighted by molar-refractivity contribution is -0.143. The van der Waals surface area contributed by atoms with Gasteiger partial charge in [0.25, 0.3) is 0 Å². The molecular formula is C11H10BrFO3. The fourth-order valence-electron chi connectivity index (χ4n) is 1.74. The van der Waals surface area contributed by atoms with Gasteiger partial charge in [-0.15, -0.1) is 0 Å². The van der Waals surface area contributed by atoms with Gasteiger partial charge in [-0.3, -0.25) is 4.79 Å². The number of rotatable bonds is 3. The molecule has 0 aromatic heterocycles. The second kappa shape index (κ2) is 3.73. The van der Waals surface area contributed by atoms with E-state index in [1.54, 1.807) is 6.07 Å². The van der Waals surface area contributed by atoms with Crippen LogP contribution in [0.15, 0.2) is 16.6 Å². The minimum Gasteiger partial charge on any atom is -0.505 e. The summed E-state index contributed by atoms with van der Waals surface area (Å²) in [5.74, 6) is -2.06. The maximum Gasteiger partial charge on any atom is 0.309 e. The Morgan fingerprint density at radius 2 is 2.12 bits per heavy atom. The zero-order valence-electron chi connectivity index (χ0n) is 8.33. The highest BCUT2D eigenvalue weighted by molar-refractivity contribution is 9.10. The van der Waals surface area contributed by atoms with Crippen molar-refractivity contribution in [1.29, 1.82) is 0 Å². The van der Waals surface area contributed by atoms with Gasteiger partial charge in [-0.25, -0.2) is 4.39 Å². The highest BCUT2D eigenvalue weighted by atomic mass is 79.9. The van der Waals surface area contributed by atoms with E-state index in [0.717, 1.165) is 6.07 Å². The van der Waals surface area contributed by atoms with Crippen LogP contribution < -0.4 is 0 Å². The summed E-state index contributed by atoms with van der Waals surface area (Å²) in [6.45, 7) is 0. The van der Waals surface area contributed by atoms with E-state index in [2.05, 4.69) is 15.9 Å². The summed E-state index contributed by atoms with van der Waals surface area (Å²) in [5.41, 5.74) is -0.461. The van der Waals surface area contributed by atoms with E-state index in [-0.39, 0.29) is 6.42 Å². The van der Waals surface area contributed by atoms with Gasteiger partial charge >= 0.3 is 5.97 Å². The highest BCUT2D eigenvalue weighted by Crippen LogP contribution is 2.50. The van der Waals surface area contributed by atoms with Gasteiger partial charge in [0.15, 0.2) is 11.6 Å². The van der Waals surface area contributed by atoms with Crippen molar-refractivity contribution in [2.45, 2.75) is 19.3 Å². The molecule has 2 N–H and O–H groups in total. The molecule has 3 nitrogen and oxygen atoms in total. The van der Waals surface area contributed by atoms with E-state index in [1.165, 1.54) is 0 Å². The zero-order chi connectivity index (χ0) is 11.9. The monoisotopic (exact) mass is 288 g/mol. The first kappa shape index (κ1) is 11.4. The number of benzene rings is 1. The molecule has 0 bridgehead atoms. The third-order valence-electron chi connectivity index (χ3n) is 2.94. The fraction of sp³-hybridized carbons (Fsp3) is 0.364. The maximum atomic E-state index is 13.2. The molecule has 5 heteroatoms. The molecule has 1 aliphatic carbocycles. The van der Waals surface area contributed by atoms with Crippen LogP contribution in [-0.2, 0) is 11.2 Å². The molecule has 1 aromatic carbocycles. The van der Waals surface area contributed by atoms with E-state index in [0.29, 0.717) is 22.9 Å². The molecule has 1 saturated carbocycles. The number of phenols is 1. The second-order valence-corrected chi connectivity index (χ2v) is 5.07. The number of hydrogen-bond acceptors (Lipinski definition) is 2. The summed E-state index contributed by atoms with van der Waals surface area (Å²) in [4.78, 5) is 11.0. The van der Waals surface area contributed by atoms with Crippen molar-refractivity contribution in [3.05, 3.63) is 28.0 Å². The quantitative estimate of drug-likeness (QED) is 0.899. The number of hydrogen-bond donors (Lipinski definition) is 2. The minimum atomic E-state index is -0.882. The Balaban J connectivity index is 2.32. The SMILES string of the molecule is O=C(O)C1(Cc2cc(Br)cc(F)c2O)CC1. The number of aliphatic carboxylic acids is 1. The molecule has 0 atom stereocenters. The van der Waals surface area contributed by atoms with Gasteiger partial charge in [0.1, 0.15) is 0 Å². The van der Waals surface area contributed by atoms with Crippen LogP contribution in [0.1, 0.15) is 18.4 Å². The first-order valence-electron chi connectivity index (χ1n) is 4.85. The molecule has 0 saturated heterocycles. The summed E-state index contributed by atoms with van der Waals surface area (Å²) < 4.78 is 13.7. The van der Waals surface area contributed by atoms with Crippen molar-refractivity contribution in [2.24, 2.45) is 5.41 Å². The molecule has 0 heterocycles. The number of carbonyl (C=O) groups is 1. The number of aromatic hydroxyl groups is 1. The molecule has 0 amide bonds. The summed E-state index contributed by atoms with van der Waals surface area (Å²) in [7, 11) is 0. The van der Waals surface area contributed by atoms with Crippen LogP contribution in [0.2, 0.25) is 0 Å². The van der Waals surface area contributed by atoms with Gasteiger partial charge < -0.3 is 10.2 Å². The number of phenolic OH excluding ortho intramolecular Hbond substituents is 1. The van der Waals surface area contributed by atoms with Crippen molar-refractivity contribution in [1.82, 2.24) is 0 Å². The first-order chi connectivity index (χ1) is 7.44. The van der Waals surface area contributed by atoms with Gasteiger partial charge in [0.2, 0.25) is 0 Å². The van der Waals surface area contributed by atoms with E-state index in [1.807, 2.05) is 0 Å². The average Bonchev–Trinajstić information content (AvgIpc) is 2.94. The smallest absolute Gasteiger partial charge is 0.309 e. The Kier molecular flexibility index (Phi) is 2.66. The van der Waals surface area contributed by atoms with E-state index >= 15 is 0 Å². The lowest BCUT2D eigenvalue weighted by Gasteiger charge is -2.11. The zero-order valence-corrected chi connectivity index (χ0v) is 9.92. The first-order valence-corrected chi connectivity index (χ1v) is 5.64. The number of halogens is 2. The molecule has 1 aromatic rings. The molecule has 1 aliphatic rings. The Labute approximate surface area is 100 Å². The highest BCUT2D eigenvalue weighted by Gasteiger charge is 2.50. The topological polar surface area (TPSA) is 57.5 Å². The minimum absolute atomic E-state index is 0.171. The van der Waals surface area contributed by atoms with Crippen molar-refractivity contribution in [3.8, 4) is 5.75 Å². The largest absolute Gasteiger partial charge is 0.505 e. The lowest BCUT2D eigenvalue weighted by Crippen LogP contribution is -2.17. The van der Waals surface area contributed by atoms with Crippen LogP contribution in [0.25, 0.3) is 0 Å². The Morgan fingerprint density at radius 3 is 2.62 bits per heavy atom. The summed E-state index contributed by atoms with van der Waals surface area (Å²) in [6.07, 6.45) is 1.33. The van der Waals surface area contributed by atoms with Crippen molar-refractivity contribution in [2.75, 3.05) is 0 Å². The summed E-state index contributed by atoms with van der Waals surface area (Å²) >= 11 is 3.11. The number of carboxylic acid groups (broad SMARTS) is 1. The van der Waals surface area contributed by atoms with Crippen LogP contribution in [0.3, 0.4) is 0 Å². The Bertz CT molecular complexity index is 455. The average molecular weight is 289 g/mol. The third kappa shape index (κ3) is 1.91. The van der Waals surface area contributed by atoms with Gasteiger partial charge in [-0.2, -0.15) is 0 Å². The van der Waals surface area contributed by atoms with Crippen molar-refractivity contribution >= 4 is 21.9 Å². The Hall–Kier alpha value is -1.10.